The molecule has 1 amide bonds. The molecule has 0 saturated carbocycles. The van der Waals surface area contributed by atoms with Crippen molar-refractivity contribution in [1.29, 1.82) is 0 Å². The highest BCUT2D eigenvalue weighted by atomic mass is 32.2. The summed E-state index contributed by atoms with van der Waals surface area (Å²) in [5.41, 5.74) is 2.31. The summed E-state index contributed by atoms with van der Waals surface area (Å²) < 4.78 is 13.3. The Kier molecular flexibility index (Phi) is 7.89. The molecule has 180 valence electrons. The Morgan fingerprint density at radius 1 is 1.09 bits per heavy atom. The van der Waals surface area contributed by atoms with Gasteiger partial charge in [-0.25, -0.2) is 0 Å². The molecule has 0 fully saturated rings. The molecule has 8 nitrogen and oxygen atoms in total. The van der Waals surface area contributed by atoms with Gasteiger partial charge in [0.1, 0.15) is 0 Å². The highest BCUT2D eigenvalue weighted by molar-refractivity contribution is 7.85. The Labute approximate surface area is 205 Å². The molecule has 0 aliphatic carbocycles. The van der Waals surface area contributed by atoms with Crippen LogP contribution in [0.2, 0.25) is 0 Å². The number of nitrogens with one attached hydrogen (secondary N) is 3. The van der Waals surface area contributed by atoms with Crippen LogP contribution in [0, 0.1) is 0 Å². The Hall–Kier alpha value is -3.98. The van der Waals surface area contributed by atoms with Crippen molar-refractivity contribution in [2.45, 2.75) is 29.4 Å². The number of aliphatic carboxylic acids is 1. The average molecular weight is 491 g/mol. The third-order valence-electron chi connectivity index (χ3n) is 5.45. The minimum atomic E-state index is -1.67. The molecule has 2 atom stereocenters. The van der Waals surface area contributed by atoms with Crippen LogP contribution in [0.15, 0.2) is 89.8 Å². The van der Waals surface area contributed by atoms with Crippen molar-refractivity contribution in [2.24, 2.45) is 0 Å². The smallest absolute Gasteiger partial charge is 0.304 e. The number of pyridine rings is 1. The molecular formula is C26H26N4O4S. The first-order valence-electron chi connectivity index (χ1n) is 11.2. The van der Waals surface area contributed by atoms with E-state index in [0.29, 0.717) is 21.7 Å². The molecule has 0 spiro atoms. The first-order chi connectivity index (χ1) is 17.0. The zero-order valence-electron chi connectivity index (χ0n) is 18.9. The van der Waals surface area contributed by atoms with Gasteiger partial charge in [-0.2, -0.15) is 0 Å². The van der Waals surface area contributed by atoms with Crippen LogP contribution in [0.5, 0.6) is 0 Å². The number of rotatable bonds is 9. The highest BCUT2D eigenvalue weighted by Gasteiger charge is 2.24. The number of carboxylic acids is 1. The first kappa shape index (κ1) is 24.2. The van der Waals surface area contributed by atoms with Gasteiger partial charge in [0, 0.05) is 40.8 Å². The molecule has 0 bridgehead atoms. The monoisotopic (exact) mass is 490 g/mol. The van der Waals surface area contributed by atoms with Crippen molar-refractivity contribution in [3.05, 3.63) is 96.1 Å². The largest absolute Gasteiger partial charge is 0.481 e. The summed E-state index contributed by atoms with van der Waals surface area (Å²) in [5, 5.41) is 18.0. The van der Waals surface area contributed by atoms with Crippen LogP contribution >= 0.6 is 0 Å². The van der Waals surface area contributed by atoms with Crippen LogP contribution in [-0.4, -0.2) is 32.7 Å². The second-order valence-electron chi connectivity index (χ2n) is 8.04. The Bertz CT molecular complexity index is 1260. The van der Waals surface area contributed by atoms with Crippen molar-refractivity contribution in [2.75, 3.05) is 17.2 Å². The number of amides is 1. The maximum absolute atomic E-state index is 13.3. The highest BCUT2D eigenvalue weighted by Crippen LogP contribution is 2.29. The van der Waals surface area contributed by atoms with Crippen molar-refractivity contribution < 1.29 is 18.9 Å². The van der Waals surface area contributed by atoms with Gasteiger partial charge < -0.3 is 21.1 Å². The SMILES string of the molecule is O=C(O)CC(c1cccnc1)S(=O)c1cccc(NC(=O)c2cccc(NC3=CCCCN3)c2)c1. The van der Waals surface area contributed by atoms with E-state index >= 15 is 0 Å². The van der Waals surface area contributed by atoms with Crippen LogP contribution in [0.1, 0.15) is 40.4 Å². The number of hydrogen-bond acceptors (Lipinski definition) is 6. The first-order valence-corrected chi connectivity index (χ1v) is 12.5. The summed E-state index contributed by atoms with van der Waals surface area (Å²) in [6.07, 6.45) is 6.98. The number of carbonyl (C=O) groups excluding carboxylic acids is 1. The van der Waals surface area contributed by atoms with Crippen LogP contribution in [-0.2, 0) is 15.6 Å². The van der Waals surface area contributed by atoms with Crippen molar-refractivity contribution in [3.8, 4) is 0 Å². The van der Waals surface area contributed by atoms with Crippen LogP contribution in [0.3, 0.4) is 0 Å². The normalized spacial score (nSPS) is 14.7. The summed E-state index contributed by atoms with van der Waals surface area (Å²) in [6.45, 7) is 0.908. The zero-order chi connectivity index (χ0) is 24.6. The lowest BCUT2D eigenvalue weighted by Gasteiger charge is -2.18. The van der Waals surface area contributed by atoms with E-state index in [-0.39, 0.29) is 12.3 Å². The molecule has 1 aromatic heterocycles. The molecule has 2 aromatic carbocycles. The molecule has 2 heterocycles. The molecular weight excluding hydrogens is 464 g/mol. The lowest BCUT2D eigenvalue weighted by Crippen LogP contribution is -2.24. The Balaban J connectivity index is 1.49. The van der Waals surface area contributed by atoms with Gasteiger partial charge in [-0.15, -0.1) is 0 Å². The van der Waals surface area contributed by atoms with Gasteiger partial charge in [0.25, 0.3) is 5.91 Å². The third kappa shape index (κ3) is 6.54. The van der Waals surface area contributed by atoms with E-state index in [9.17, 15) is 18.9 Å². The quantitative estimate of drug-likeness (QED) is 0.353. The predicted molar refractivity (Wildman–Crippen MR) is 135 cm³/mol. The number of carbonyl (C=O) groups is 2. The second kappa shape index (κ2) is 11.4. The number of benzene rings is 2. The van der Waals surface area contributed by atoms with Gasteiger partial charge in [0.15, 0.2) is 0 Å². The average Bonchev–Trinajstić information content (AvgIpc) is 2.88. The predicted octanol–water partition coefficient (Wildman–Crippen LogP) is 4.29. The maximum Gasteiger partial charge on any atom is 0.304 e. The standard InChI is InChI=1S/C26H26N4O4S/c31-25(32)16-23(19-7-5-12-27-17-19)35(34)22-10-4-9-21(15-22)30-26(33)18-6-3-8-20(14-18)29-24-11-1-2-13-28-24/h3-12,14-15,17,23,28-29H,1-2,13,16H2,(H,30,33)(H,31,32). The van der Waals surface area contributed by atoms with Crippen LogP contribution < -0.4 is 16.0 Å². The lowest BCUT2D eigenvalue weighted by atomic mass is 10.1. The van der Waals surface area contributed by atoms with Gasteiger partial charge in [0.2, 0.25) is 0 Å². The number of anilines is 2. The minimum absolute atomic E-state index is 0.306. The van der Waals surface area contributed by atoms with Crippen molar-refractivity contribution >= 4 is 34.1 Å². The van der Waals surface area contributed by atoms with E-state index in [1.807, 2.05) is 6.07 Å². The van der Waals surface area contributed by atoms with E-state index < -0.39 is 22.0 Å². The molecule has 0 radical (unpaired) electrons. The van der Waals surface area contributed by atoms with Crippen LogP contribution in [0.4, 0.5) is 11.4 Å². The molecule has 0 saturated heterocycles. The van der Waals surface area contributed by atoms with E-state index in [1.54, 1.807) is 60.8 Å². The van der Waals surface area contributed by atoms with Gasteiger partial charge in [0.05, 0.1) is 28.3 Å². The topological polar surface area (TPSA) is 120 Å². The van der Waals surface area contributed by atoms with Crippen molar-refractivity contribution in [3.63, 3.8) is 0 Å². The summed E-state index contributed by atoms with van der Waals surface area (Å²) >= 11 is 0. The fraction of sp³-hybridized carbons (Fsp3) is 0.192. The summed E-state index contributed by atoms with van der Waals surface area (Å²) in [4.78, 5) is 28.8. The fourth-order valence-corrected chi connectivity index (χ4v) is 5.21. The molecule has 4 rings (SSSR count). The lowest BCUT2D eigenvalue weighted by molar-refractivity contribution is -0.137. The van der Waals surface area contributed by atoms with Gasteiger partial charge in [-0.1, -0.05) is 18.2 Å². The number of hydrogen-bond donors (Lipinski definition) is 4. The van der Waals surface area contributed by atoms with Gasteiger partial charge >= 0.3 is 5.97 Å². The van der Waals surface area contributed by atoms with E-state index in [2.05, 4.69) is 27.0 Å². The fourth-order valence-electron chi connectivity index (χ4n) is 3.74. The molecule has 4 N–H and O–H groups in total. The maximum atomic E-state index is 13.3. The van der Waals surface area contributed by atoms with Gasteiger partial charge in [-0.3, -0.25) is 18.8 Å². The summed E-state index contributed by atoms with van der Waals surface area (Å²) in [7, 11) is -1.67. The number of carboxylic acid groups (broad SMARTS) is 1. The number of allylic oxidation sites excluding steroid dienone is 1. The molecule has 1 aliphatic rings. The van der Waals surface area contributed by atoms with Crippen LogP contribution in [0.25, 0.3) is 0 Å². The molecule has 35 heavy (non-hydrogen) atoms. The second-order valence-corrected chi connectivity index (χ2v) is 9.68. The summed E-state index contributed by atoms with van der Waals surface area (Å²) in [5.74, 6) is -0.436. The third-order valence-corrected chi connectivity index (χ3v) is 7.12. The van der Waals surface area contributed by atoms with E-state index in [0.717, 1.165) is 30.9 Å². The molecule has 1 aliphatic heterocycles. The van der Waals surface area contributed by atoms with E-state index in [4.69, 9.17) is 0 Å². The van der Waals surface area contributed by atoms with Crippen molar-refractivity contribution in [1.82, 2.24) is 10.3 Å². The number of nitrogens with zero attached hydrogens (tertiary/aromatic N) is 1. The summed E-state index contributed by atoms with van der Waals surface area (Å²) in [6, 6.07) is 17.2. The van der Waals surface area contributed by atoms with Gasteiger partial charge in [-0.05, 0) is 66.9 Å². The van der Waals surface area contributed by atoms with E-state index in [1.165, 1.54) is 6.20 Å². The number of aromatic nitrogens is 1. The minimum Gasteiger partial charge on any atom is -0.481 e. The molecule has 3 aromatic rings. The zero-order valence-corrected chi connectivity index (χ0v) is 19.8. The molecule has 9 heteroatoms. The Morgan fingerprint density at radius 3 is 2.66 bits per heavy atom. The Morgan fingerprint density at radius 2 is 1.91 bits per heavy atom. The molecule has 2 unspecified atom stereocenters.